The molecular weight excluding hydrogens is 216 g/mol. The Morgan fingerprint density at radius 1 is 1.38 bits per heavy atom. The summed E-state index contributed by atoms with van der Waals surface area (Å²) >= 11 is 0. The van der Waals surface area contributed by atoms with Crippen molar-refractivity contribution in [2.45, 2.75) is 18.9 Å². The molecular formula is C10H11F2N3O. The molecule has 1 aromatic rings. The second-order valence-corrected chi connectivity index (χ2v) is 3.29. The van der Waals surface area contributed by atoms with Gasteiger partial charge in [-0.3, -0.25) is 0 Å². The molecule has 0 bridgehead atoms. The van der Waals surface area contributed by atoms with Gasteiger partial charge in [0.25, 0.3) is 0 Å². The van der Waals surface area contributed by atoms with Crippen LogP contribution in [0.2, 0.25) is 0 Å². The monoisotopic (exact) mass is 227 g/mol. The van der Waals surface area contributed by atoms with E-state index in [-0.39, 0.29) is 6.54 Å². The summed E-state index contributed by atoms with van der Waals surface area (Å²) in [6.45, 7) is 0.275. The Morgan fingerprint density at radius 3 is 2.75 bits per heavy atom. The van der Waals surface area contributed by atoms with Crippen LogP contribution in [-0.2, 0) is 0 Å². The van der Waals surface area contributed by atoms with Crippen LogP contribution in [0.1, 0.15) is 24.5 Å². The number of halogens is 2. The number of hydrogen-bond donors (Lipinski definition) is 1. The van der Waals surface area contributed by atoms with Crippen LogP contribution < -0.4 is 0 Å². The molecule has 0 aliphatic carbocycles. The summed E-state index contributed by atoms with van der Waals surface area (Å²) in [5.41, 5.74) is 8.34. The molecule has 1 rings (SSSR count). The quantitative estimate of drug-likeness (QED) is 0.357. The molecule has 1 N–H and O–H groups in total. The van der Waals surface area contributed by atoms with Crippen molar-refractivity contribution < 1.29 is 13.9 Å². The Morgan fingerprint density at radius 2 is 2.12 bits per heavy atom. The fourth-order valence-corrected chi connectivity index (χ4v) is 1.29. The second-order valence-electron chi connectivity index (χ2n) is 3.29. The van der Waals surface area contributed by atoms with E-state index in [0.717, 1.165) is 12.1 Å². The molecule has 86 valence electrons. The van der Waals surface area contributed by atoms with Crippen molar-refractivity contribution in [1.82, 2.24) is 0 Å². The average molecular weight is 227 g/mol. The summed E-state index contributed by atoms with van der Waals surface area (Å²) in [5, 5.41) is 12.9. The number of aliphatic hydroxyl groups excluding tert-OH is 1. The highest BCUT2D eigenvalue weighted by Crippen LogP contribution is 2.20. The lowest BCUT2D eigenvalue weighted by Gasteiger charge is -2.10. The summed E-state index contributed by atoms with van der Waals surface area (Å²) < 4.78 is 25.4. The van der Waals surface area contributed by atoms with Crippen molar-refractivity contribution in [1.29, 1.82) is 0 Å². The third-order valence-electron chi connectivity index (χ3n) is 2.13. The van der Waals surface area contributed by atoms with E-state index in [2.05, 4.69) is 10.0 Å². The maximum absolute atomic E-state index is 12.8. The molecule has 1 atom stereocenters. The molecule has 0 aromatic heterocycles. The zero-order valence-corrected chi connectivity index (χ0v) is 8.48. The van der Waals surface area contributed by atoms with Crippen molar-refractivity contribution in [3.05, 3.63) is 45.8 Å². The minimum atomic E-state index is -0.980. The van der Waals surface area contributed by atoms with Gasteiger partial charge < -0.3 is 5.11 Å². The first kappa shape index (κ1) is 12.4. The van der Waals surface area contributed by atoms with Crippen molar-refractivity contribution >= 4 is 0 Å². The van der Waals surface area contributed by atoms with E-state index < -0.39 is 17.7 Å². The van der Waals surface area contributed by atoms with E-state index in [1.165, 1.54) is 6.07 Å². The van der Waals surface area contributed by atoms with Gasteiger partial charge in [0, 0.05) is 11.5 Å². The van der Waals surface area contributed by atoms with Crippen LogP contribution in [0.5, 0.6) is 0 Å². The number of benzene rings is 1. The number of azide groups is 1. The van der Waals surface area contributed by atoms with Gasteiger partial charge in [-0.05, 0) is 36.1 Å². The summed E-state index contributed by atoms with van der Waals surface area (Å²) in [5.74, 6) is -1.92. The zero-order valence-electron chi connectivity index (χ0n) is 8.48. The molecule has 0 saturated carbocycles. The van der Waals surface area contributed by atoms with Crippen molar-refractivity contribution in [2.24, 2.45) is 5.11 Å². The maximum atomic E-state index is 12.8. The Balaban J connectivity index is 2.55. The van der Waals surface area contributed by atoms with E-state index in [1.807, 2.05) is 0 Å². The SMILES string of the molecule is [N-]=[N+]=NCCCC(O)c1ccc(F)c(F)c1. The van der Waals surface area contributed by atoms with Gasteiger partial charge in [-0.15, -0.1) is 0 Å². The molecule has 0 amide bonds. The lowest BCUT2D eigenvalue weighted by atomic mass is 10.0. The summed E-state index contributed by atoms with van der Waals surface area (Å²) in [4.78, 5) is 2.56. The van der Waals surface area contributed by atoms with Crippen LogP contribution in [0.3, 0.4) is 0 Å². The van der Waals surface area contributed by atoms with E-state index in [1.54, 1.807) is 0 Å². The highest BCUT2D eigenvalue weighted by Gasteiger charge is 2.10. The highest BCUT2D eigenvalue weighted by molar-refractivity contribution is 5.19. The van der Waals surface area contributed by atoms with Crippen LogP contribution in [-0.4, -0.2) is 11.7 Å². The molecule has 0 saturated heterocycles. The first-order valence-electron chi connectivity index (χ1n) is 4.79. The topological polar surface area (TPSA) is 69.0 Å². The van der Waals surface area contributed by atoms with Gasteiger partial charge in [0.15, 0.2) is 11.6 Å². The van der Waals surface area contributed by atoms with Gasteiger partial charge in [0.2, 0.25) is 0 Å². The van der Waals surface area contributed by atoms with Crippen molar-refractivity contribution in [3.63, 3.8) is 0 Å². The number of rotatable bonds is 5. The van der Waals surface area contributed by atoms with Crippen LogP contribution in [0.15, 0.2) is 23.3 Å². The van der Waals surface area contributed by atoms with Crippen LogP contribution >= 0.6 is 0 Å². The van der Waals surface area contributed by atoms with Gasteiger partial charge in [0.1, 0.15) is 0 Å². The van der Waals surface area contributed by atoms with E-state index in [4.69, 9.17) is 5.53 Å². The summed E-state index contributed by atoms with van der Waals surface area (Å²) in [6, 6.07) is 3.27. The smallest absolute Gasteiger partial charge is 0.159 e. The molecule has 0 aliphatic heterocycles. The number of nitrogens with zero attached hydrogens (tertiary/aromatic N) is 3. The normalized spacial score (nSPS) is 11.9. The highest BCUT2D eigenvalue weighted by atomic mass is 19.2. The third kappa shape index (κ3) is 3.49. The lowest BCUT2D eigenvalue weighted by molar-refractivity contribution is 0.165. The van der Waals surface area contributed by atoms with Crippen LogP contribution in [0.4, 0.5) is 8.78 Å². The first-order chi connectivity index (χ1) is 7.65. The minimum Gasteiger partial charge on any atom is -0.388 e. The molecule has 0 aliphatic rings. The second kappa shape index (κ2) is 6.05. The van der Waals surface area contributed by atoms with Crippen LogP contribution in [0.25, 0.3) is 10.4 Å². The molecule has 4 nitrogen and oxygen atoms in total. The van der Waals surface area contributed by atoms with Gasteiger partial charge in [-0.25, -0.2) is 8.78 Å². The van der Waals surface area contributed by atoms with Gasteiger partial charge in [-0.2, -0.15) is 0 Å². The Bertz CT molecular complexity index is 405. The molecule has 0 radical (unpaired) electrons. The predicted molar refractivity (Wildman–Crippen MR) is 54.6 cm³/mol. The molecule has 0 spiro atoms. The third-order valence-corrected chi connectivity index (χ3v) is 2.13. The fraction of sp³-hybridized carbons (Fsp3) is 0.400. The minimum absolute atomic E-state index is 0.275. The first-order valence-corrected chi connectivity index (χ1v) is 4.79. The predicted octanol–water partition coefficient (Wildman–Crippen LogP) is 3.09. The van der Waals surface area contributed by atoms with Crippen molar-refractivity contribution in [2.75, 3.05) is 6.54 Å². The van der Waals surface area contributed by atoms with Crippen molar-refractivity contribution in [3.8, 4) is 0 Å². The Labute approximate surface area is 91.2 Å². The summed E-state index contributed by atoms with van der Waals surface area (Å²) in [6.07, 6.45) is -0.0436. The molecule has 1 aromatic carbocycles. The number of aliphatic hydroxyl groups is 1. The summed E-state index contributed by atoms with van der Waals surface area (Å²) in [7, 11) is 0. The van der Waals surface area contributed by atoms with E-state index >= 15 is 0 Å². The lowest BCUT2D eigenvalue weighted by Crippen LogP contribution is -1.99. The van der Waals surface area contributed by atoms with E-state index in [0.29, 0.717) is 18.4 Å². The molecule has 0 heterocycles. The standard InChI is InChI=1S/C10H11F2N3O/c11-8-4-3-7(6-9(8)12)10(16)2-1-5-14-15-13/h3-4,6,10,16H,1-2,5H2. The molecule has 16 heavy (non-hydrogen) atoms. The largest absolute Gasteiger partial charge is 0.388 e. The number of hydrogen-bond acceptors (Lipinski definition) is 2. The molecule has 0 fully saturated rings. The maximum Gasteiger partial charge on any atom is 0.159 e. The fourth-order valence-electron chi connectivity index (χ4n) is 1.29. The zero-order chi connectivity index (χ0) is 12.0. The van der Waals surface area contributed by atoms with Gasteiger partial charge in [-0.1, -0.05) is 11.2 Å². The Kier molecular flexibility index (Phi) is 4.69. The van der Waals surface area contributed by atoms with Crippen LogP contribution in [0, 0.1) is 11.6 Å². The molecule has 1 unspecified atom stereocenters. The molecule has 6 heteroatoms. The Hall–Kier alpha value is -1.65. The average Bonchev–Trinajstić information content (AvgIpc) is 2.28. The van der Waals surface area contributed by atoms with Gasteiger partial charge in [0.05, 0.1) is 6.10 Å². The van der Waals surface area contributed by atoms with E-state index in [9.17, 15) is 13.9 Å². The van der Waals surface area contributed by atoms with Gasteiger partial charge >= 0.3 is 0 Å².